The van der Waals surface area contributed by atoms with E-state index in [2.05, 4.69) is 9.62 Å². The highest BCUT2D eigenvalue weighted by Gasteiger charge is 2.16. The second-order valence-electron chi connectivity index (χ2n) is 5.21. The number of sulfonamides is 1. The van der Waals surface area contributed by atoms with Crippen LogP contribution in [-0.4, -0.2) is 34.7 Å². The van der Waals surface area contributed by atoms with Crippen molar-refractivity contribution in [2.45, 2.75) is 4.90 Å². The summed E-state index contributed by atoms with van der Waals surface area (Å²) in [6.45, 7) is 2.96. The SMILES string of the molecule is O=S(=O)(Nc1cccc(N2CCOCC2)c1)c1ccc(Cl)cc1. The molecule has 0 amide bonds. The number of nitrogens with zero attached hydrogens (tertiary/aromatic N) is 1. The van der Waals surface area contributed by atoms with E-state index in [1.165, 1.54) is 12.1 Å². The van der Waals surface area contributed by atoms with Crippen LogP contribution in [0.3, 0.4) is 0 Å². The Bertz CT molecular complexity index is 772. The van der Waals surface area contributed by atoms with Gasteiger partial charge in [0.15, 0.2) is 0 Å². The van der Waals surface area contributed by atoms with Crippen molar-refractivity contribution in [2.75, 3.05) is 35.9 Å². The monoisotopic (exact) mass is 352 g/mol. The molecular weight excluding hydrogens is 336 g/mol. The average Bonchev–Trinajstić information content (AvgIpc) is 2.56. The normalized spacial score (nSPS) is 15.4. The van der Waals surface area contributed by atoms with Crippen LogP contribution in [0.4, 0.5) is 11.4 Å². The molecular formula is C16H17ClN2O3S. The summed E-state index contributed by atoms with van der Waals surface area (Å²) in [6.07, 6.45) is 0. The zero-order valence-electron chi connectivity index (χ0n) is 12.4. The number of halogens is 1. The van der Waals surface area contributed by atoms with Gasteiger partial charge in [0.2, 0.25) is 0 Å². The highest BCUT2D eigenvalue weighted by molar-refractivity contribution is 7.92. The van der Waals surface area contributed by atoms with Gasteiger partial charge in [0.1, 0.15) is 0 Å². The fourth-order valence-electron chi connectivity index (χ4n) is 2.42. The van der Waals surface area contributed by atoms with Gasteiger partial charge in [-0.1, -0.05) is 17.7 Å². The molecule has 23 heavy (non-hydrogen) atoms. The molecule has 5 nitrogen and oxygen atoms in total. The Morgan fingerprint density at radius 2 is 1.74 bits per heavy atom. The maximum atomic E-state index is 12.4. The van der Waals surface area contributed by atoms with Crippen LogP contribution >= 0.6 is 11.6 Å². The van der Waals surface area contributed by atoms with E-state index in [9.17, 15) is 8.42 Å². The third-order valence-corrected chi connectivity index (χ3v) is 5.25. The Kier molecular flexibility index (Phi) is 4.75. The van der Waals surface area contributed by atoms with Crippen molar-refractivity contribution in [2.24, 2.45) is 0 Å². The molecule has 1 heterocycles. The second-order valence-corrected chi connectivity index (χ2v) is 7.33. The van der Waals surface area contributed by atoms with Crippen LogP contribution in [0.2, 0.25) is 5.02 Å². The van der Waals surface area contributed by atoms with Gasteiger partial charge in [-0.15, -0.1) is 0 Å². The number of hydrogen-bond acceptors (Lipinski definition) is 4. The lowest BCUT2D eigenvalue weighted by molar-refractivity contribution is 0.122. The van der Waals surface area contributed by atoms with Crippen LogP contribution in [0.5, 0.6) is 0 Å². The van der Waals surface area contributed by atoms with Crippen LogP contribution in [0.25, 0.3) is 0 Å². The van der Waals surface area contributed by atoms with Gasteiger partial charge in [0, 0.05) is 23.8 Å². The van der Waals surface area contributed by atoms with E-state index in [0.717, 1.165) is 18.8 Å². The van der Waals surface area contributed by atoms with Crippen molar-refractivity contribution in [3.63, 3.8) is 0 Å². The van der Waals surface area contributed by atoms with E-state index in [1.807, 2.05) is 18.2 Å². The van der Waals surface area contributed by atoms with Gasteiger partial charge in [-0.05, 0) is 42.5 Å². The number of nitrogens with one attached hydrogen (secondary N) is 1. The van der Waals surface area contributed by atoms with E-state index in [-0.39, 0.29) is 4.90 Å². The zero-order valence-corrected chi connectivity index (χ0v) is 14.0. The summed E-state index contributed by atoms with van der Waals surface area (Å²) in [5.74, 6) is 0. The molecule has 2 aromatic carbocycles. The fourth-order valence-corrected chi connectivity index (χ4v) is 3.59. The second kappa shape index (κ2) is 6.78. The van der Waals surface area contributed by atoms with Crippen LogP contribution in [0.1, 0.15) is 0 Å². The van der Waals surface area contributed by atoms with Gasteiger partial charge < -0.3 is 9.64 Å². The zero-order chi connectivity index (χ0) is 16.3. The Morgan fingerprint density at radius 3 is 2.43 bits per heavy atom. The minimum absolute atomic E-state index is 0.179. The first kappa shape index (κ1) is 16.1. The summed E-state index contributed by atoms with van der Waals surface area (Å²) in [7, 11) is -3.63. The van der Waals surface area contributed by atoms with E-state index < -0.39 is 10.0 Å². The van der Waals surface area contributed by atoms with E-state index in [1.54, 1.807) is 18.2 Å². The maximum absolute atomic E-state index is 12.4. The first-order valence-electron chi connectivity index (χ1n) is 7.26. The largest absolute Gasteiger partial charge is 0.378 e. The molecule has 0 aromatic heterocycles. The molecule has 1 aliphatic rings. The van der Waals surface area contributed by atoms with Gasteiger partial charge in [-0.3, -0.25) is 4.72 Å². The minimum Gasteiger partial charge on any atom is -0.378 e. The summed E-state index contributed by atoms with van der Waals surface area (Å²) in [6, 6.07) is 13.4. The summed E-state index contributed by atoms with van der Waals surface area (Å²) < 4.78 is 32.8. The highest BCUT2D eigenvalue weighted by atomic mass is 35.5. The van der Waals surface area contributed by atoms with Crippen LogP contribution in [0.15, 0.2) is 53.4 Å². The molecule has 1 fully saturated rings. The lowest BCUT2D eigenvalue weighted by Crippen LogP contribution is -2.36. The fraction of sp³-hybridized carbons (Fsp3) is 0.250. The number of rotatable bonds is 4. The van der Waals surface area contributed by atoms with Gasteiger partial charge in [-0.25, -0.2) is 8.42 Å². The number of anilines is 2. The average molecular weight is 353 g/mol. The van der Waals surface area contributed by atoms with Crippen molar-refractivity contribution in [1.29, 1.82) is 0 Å². The van der Waals surface area contributed by atoms with Crippen molar-refractivity contribution in [3.05, 3.63) is 53.6 Å². The predicted octanol–water partition coefficient (Wildman–Crippen LogP) is 2.98. The molecule has 0 atom stereocenters. The molecule has 0 radical (unpaired) electrons. The first-order valence-corrected chi connectivity index (χ1v) is 9.12. The lowest BCUT2D eigenvalue weighted by atomic mass is 10.2. The Balaban J connectivity index is 1.80. The summed E-state index contributed by atoms with van der Waals surface area (Å²) in [5, 5.41) is 0.498. The molecule has 7 heteroatoms. The molecule has 0 unspecified atom stereocenters. The third-order valence-electron chi connectivity index (χ3n) is 3.60. The van der Waals surface area contributed by atoms with Gasteiger partial charge in [-0.2, -0.15) is 0 Å². The number of ether oxygens (including phenoxy) is 1. The third kappa shape index (κ3) is 3.96. The van der Waals surface area contributed by atoms with E-state index >= 15 is 0 Å². The maximum Gasteiger partial charge on any atom is 0.261 e. The van der Waals surface area contributed by atoms with Crippen molar-refractivity contribution in [1.82, 2.24) is 0 Å². The highest BCUT2D eigenvalue weighted by Crippen LogP contribution is 2.23. The summed E-state index contributed by atoms with van der Waals surface area (Å²) >= 11 is 5.80. The molecule has 122 valence electrons. The smallest absolute Gasteiger partial charge is 0.261 e. The molecule has 1 N–H and O–H groups in total. The molecule has 1 aliphatic heterocycles. The van der Waals surface area contributed by atoms with Crippen LogP contribution in [-0.2, 0) is 14.8 Å². The van der Waals surface area contributed by atoms with Gasteiger partial charge in [0.25, 0.3) is 10.0 Å². The Hall–Kier alpha value is -1.76. The van der Waals surface area contributed by atoms with Crippen molar-refractivity contribution in [3.8, 4) is 0 Å². The topological polar surface area (TPSA) is 58.6 Å². The van der Waals surface area contributed by atoms with Crippen molar-refractivity contribution < 1.29 is 13.2 Å². The van der Waals surface area contributed by atoms with Crippen LogP contribution < -0.4 is 9.62 Å². The van der Waals surface area contributed by atoms with Gasteiger partial charge in [0.05, 0.1) is 23.8 Å². The van der Waals surface area contributed by atoms with E-state index in [0.29, 0.717) is 23.9 Å². The lowest BCUT2D eigenvalue weighted by Gasteiger charge is -2.29. The number of morpholine rings is 1. The Morgan fingerprint density at radius 1 is 1.04 bits per heavy atom. The van der Waals surface area contributed by atoms with Gasteiger partial charge >= 0.3 is 0 Å². The predicted molar refractivity (Wildman–Crippen MR) is 91.7 cm³/mol. The van der Waals surface area contributed by atoms with Crippen LogP contribution in [0, 0.1) is 0 Å². The van der Waals surface area contributed by atoms with Crippen molar-refractivity contribution >= 4 is 33.0 Å². The quantitative estimate of drug-likeness (QED) is 0.919. The molecule has 2 aromatic rings. The standard InChI is InChI=1S/C16H17ClN2O3S/c17-13-4-6-16(7-5-13)23(20,21)18-14-2-1-3-15(12-14)19-8-10-22-11-9-19/h1-7,12,18H,8-11H2. The Labute approximate surface area is 140 Å². The molecule has 3 rings (SSSR count). The number of benzene rings is 2. The summed E-state index contributed by atoms with van der Waals surface area (Å²) in [5.41, 5.74) is 1.51. The molecule has 0 bridgehead atoms. The summed E-state index contributed by atoms with van der Waals surface area (Å²) in [4.78, 5) is 2.35. The molecule has 0 spiro atoms. The first-order chi connectivity index (χ1) is 11.0. The minimum atomic E-state index is -3.63. The van der Waals surface area contributed by atoms with E-state index in [4.69, 9.17) is 16.3 Å². The molecule has 0 aliphatic carbocycles. The number of hydrogen-bond donors (Lipinski definition) is 1. The molecule has 1 saturated heterocycles. The molecule has 0 saturated carbocycles.